The van der Waals surface area contributed by atoms with Gasteiger partial charge in [-0.25, -0.2) is 0 Å². The van der Waals surface area contributed by atoms with Crippen molar-refractivity contribution in [3.63, 3.8) is 0 Å². The molecule has 0 unspecified atom stereocenters. The van der Waals surface area contributed by atoms with Crippen molar-refractivity contribution in [1.82, 2.24) is 0 Å². The Morgan fingerprint density at radius 1 is 1.18 bits per heavy atom. The standard InChI is InChI=1S/C15H25NO/c1-15(2,3)10-7-11-16-14-9-6-5-8-13(14)12-17-4/h5-6,8-9,16H,7,10-12H2,1-4H3. The molecule has 2 nitrogen and oxygen atoms in total. The van der Waals surface area contributed by atoms with Gasteiger partial charge in [0.2, 0.25) is 0 Å². The van der Waals surface area contributed by atoms with E-state index in [2.05, 4.69) is 50.4 Å². The van der Waals surface area contributed by atoms with Crippen molar-refractivity contribution in [1.29, 1.82) is 0 Å². The fourth-order valence-corrected chi connectivity index (χ4v) is 1.82. The molecule has 0 fully saturated rings. The summed E-state index contributed by atoms with van der Waals surface area (Å²) in [7, 11) is 1.73. The zero-order chi connectivity index (χ0) is 12.7. The van der Waals surface area contributed by atoms with Crippen molar-refractivity contribution in [2.75, 3.05) is 19.0 Å². The highest BCUT2D eigenvalue weighted by Crippen LogP contribution is 2.21. The van der Waals surface area contributed by atoms with Crippen LogP contribution in [0, 0.1) is 5.41 Å². The summed E-state index contributed by atoms with van der Waals surface area (Å²) in [5, 5.41) is 3.49. The van der Waals surface area contributed by atoms with Crippen LogP contribution in [-0.4, -0.2) is 13.7 Å². The summed E-state index contributed by atoms with van der Waals surface area (Å²) in [6.45, 7) is 8.55. The van der Waals surface area contributed by atoms with Crippen molar-refractivity contribution in [2.45, 2.75) is 40.2 Å². The number of hydrogen-bond donors (Lipinski definition) is 1. The van der Waals surface area contributed by atoms with Crippen molar-refractivity contribution >= 4 is 5.69 Å². The Hall–Kier alpha value is -1.02. The van der Waals surface area contributed by atoms with Crippen LogP contribution < -0.4 is 5.32 Å². The second-order valence-corrected chi connectivity index (χ2v) is 5.68. The summed E-state index contributed by atoms with van der Waals surface area (Å²) in [4.78, 5) is 0. The molecule has 0 aliphatic heterocycles. The fraction of sp³-hybridized carbons (Fsp3) is 0.600. The lowest BCUT2D eigenvalue weighted by atomic mass is 9.91. The van der Waals surface area contributed by atoms with Crippen LogP contribution in [-0.2, 0) is 11.3 Å². The average molecular weight is 235 g/mol. The van der Waals surface area contributed by atoms with Gasteiger partial charge in [-0.3, -0.25) is 0 Å². The van der Waals surface area contributed by atoms with Crippen LogP contribution in [0.3, 0.4) is 0 Å². The Bertz CT molecular complexity index is 328. The number of para-hydroxylation sites is 1. The Balaban J connectivity index is 2.41. The summed E-state index contributed by atoms with van der Waals surface area (Å²) in [6.07, 6.45) is 2.44. The molecule has 0 aliphatic rings. The molecule has 1 aromatic carbocycles. The first-order chi connectivity index (χ1) is 8.03. The summed E-state index contributed by atoms with van der Waals surface area (Å²) in [6, 6.07) is 8.33. The highest BCUT2D eigenvalue weighted by molar-refractivity contribution is 5.50. The zero-order valence-corrected chi connectivity index (χ0v) is 11.5. The molecule has 1 rings (SSSR count). The van der Waals surface area contributed by atoms with E-state index in [0.29, 0.717) is 12.0 Å². The first kappa shape index (κ1) is 14.0. The van der Waals surface area contributed by atoms with Gasteiger partial charge in [0.1, 0.15) is 0 Å². The zero-order valence-electron chi connectivity index (χ0n) is 11.5. The molecule has 0 aromatic heterocycles. The Kier molecular flexibility index (Phi) is 5.49. The van der Waals surface area contributed by atoms with E-state index in [1.807, 2.05) is 0 Å². The second kappa shape index (κ2) is 6.65. The Morgan fingerprint density at radius 2 is 1.88 bits per heavy atom. The van der Waals surface area contributed by atoms with Crippen LogP contribution in [0.1, 0.15) is 39.2 Å². The molecule has 0 aliphatic carbocycles. The normalized spacial score (nSPS) is 11.5. The molecule has 0 saturated carbocycles. The molecule has 17 heavy (non-hydrogen) atoms. The molecule has 0 atom stereocenters. The number of anilines is 1. The monoisotopic (exact) mass is 235 g/mol. The molecule has 1 aromatic rings. The van der Waals surface area contributed by atoms with E-state index in [4.69, 9.17) is 4.74 Å². The van der Waals surface area contributed by atoms with E-state index in [9.17, 15) is 0 Å². The second-order valence-electron chi connectivity index (χ2n) is 5.68. The van der Waals surface area contributed by atoms with E-state index in [1.165, 1.54) is 24.1 Å². The first-order valence-corrected chi connectivity index (χ1v) is 6.33. The lowest BCUT2D eigenvalue weighted by Gasteiger charge is -2.18. The largest absolute Gasteiger partial charge is 0.385 e. The smallest absolute Gasteiger partial charge is 0.0733 e. The molecule has 0 amide bonds. The molecular formula is C15H25NO. The predicted octanol–water partition coefficient (Wildman–Crippen LogP) is 4.07. The number of rotatable bonds is 6. The van der Waals surface area contributed by atoms with Crippen LogP contribution in [0.15, 0.2) is 24.3 Å². The van der Waals surface area contributed by atoms with Crippen molar-refractivity contribution in [3.8, 4) is 0 Å². The molecule has 96 valence electrons. The van der Waals surface area contributed by atoms with Gasteiger partial charge in [0.05, 0.1) is 6.61 Å². The summed E-state index contributed by atoms with van der Waals surface area (Å²) >= 11 is 0. The maximum Gasteiger partial charge on any atom is 0.0733 e. The lowest BCUT2D eigenvalue weighted by molar-refractivity contribution is 0.185. The van der Waals surface area contributed by atoms with Crippen molar-refractivity contribution in [2.24, 2.45) is 5.41 Å². The third kappa shape index (κ3) is 5.73. The molecule has 2 heteroatoms. The third-order valence-electron chi connectivity index (χ3n) is 2.74. The molecule has 0 heterocycles. The number of ether oxygens (including phenoxy) is 1. The minimum Gasteiger partial charge on any atom is -0.385 e. The SMILES string of the molecule is COCc1ccccc1NCCCC(C)(C)C. The molecule has 0 radical (unpaired) electrons. The minimum atomic E-state index is 0.424. The summed E-state index contributed by atoms with van der Waals surface area (Å²) in [5.41, 5.74) is 2.85. The van der Waals surface area contributed by atoms with Gasteiger partial charge < -0.3 is 10.1 Å². The minimum absolute atomic E-state index is 0.424. The fourth-order valence-electron chi connectivity index (χ4n) is 1.82. The van der Waals surface area contributed by atoms with E-state index >= 15 is 0 Å². The van der Waals surface area contributed by atoms with Crippen LogP contribution in [0.4, 0.5) is 5.69 Å². The van der Waals surface area contributed by atoms with Crippen LogP contribution in [0.5, 0.6) is 0 Å². The van der Waals surface area contributed by atoms with E-state index in [0.717, 1.165) is 6.54 Å². The third-order valence-corrected chi connectivity index (χ3v) is 2.74. The molecule has 0 bridgehead atoms. The van der Waals surface area contributed by atoms with Gasteiger partial charge in [-0.15, -0.1) is 0 Å². The Morgan fingerprint density at radius 3 is 2.53 bits per heavy atom. The van der Waals surface area contributed by atoms with E-state index in [-0.39, 0.29) is 0 Å². The highest BCUT2D eigenvalue weighted by atomic mass is 16.5. The number of nitrogens with one attached hydrogen (secondary N) is 1. The maximum atomic E-state index is 5.19. The maximum absolute atomic E-state index is 5.19. The van der Waals surface area contributed by atoms with E-state index < -0.39 is 0 Å². The highest BCUT2D eigenvalue weighted by Gasteiger charge is 2.09. The molecular weight excluding hydrogens is 210 g/mol. The summed E-state index contributed by atoms with van der Waals surface area (Å²) in [5.74, 6) is 0. The van der Waals surface area contributed by atoms with Gasteiger partial charge in [-0.2, -0.15) is 0 Å². The number of benzene rings is 1. The van der Waals surface area contributed by atoms with Gasteiger partial charge in [0.15, 0.2) is 0 Å². The molecule has 0 spiro atoms. The predicted molar refractivity (Wildman–Crippen MR) is 74.3 cm³/mol. The Labute approximate surface area is 105 Å². The number of methoxy groups -OCH3 is 1. The van der Waals surface area contributed by atoms with Gasteiger partial charge in [0.25, 0.3) is 0 Å². The van der Waals surface area contributed by atoms with Gasteiger partial charge in [0, 0.05) is 24.9 Å². The van der Waals surface area contributed by atoms with Crippen LogP contribution in [0.2, 0.25) is 0 Å². The quantitative estimate of drug-likeness (QED) is 0.750. The van der Waals surface area contributed by atoms with Crippen molar-refractivity contribution in [3.05, 3.63) is 29.8 Å². The van der Waals surface area contributed by atoms with Gasteiger partial charge in [-0.05, 0) is 24.3 Å². The lowest BCUT2D eigenvalue weighted by Crippen LogP contribution is -2.10. The van der Waals surface area contributed by atoms with Crippen LogP contribution >= 0.6 is 0 Å². The van der Waals surface area contributed by atoms with Crippen molar-refractivity contribution < 1.29 is 4.74 Å². The molecule has 0 saturated heterocycles. The topological polar surface area (TPSA) is 21.3 Å². The first-order valence-electron chi connectivity index (χ1n) is 6.33. The average Bonchev–Trinajstić information content (AvgIpc) is 2.25. The van der Waals surface area contributed by atoms with Gasteiger partial charge in [-0.1, -0.05) is 39.0 Å². The van der Waals surface area contributed by atoms with E-state index in [1.54, 1.807) is 7.11 Å². The summed E-state index contributed by atoms with van der Waals surface area (Å²) < 4.78 is 5.19. The number of hydrogen-bond acceptors (Lipinski definition) is 2. The van der Waals surface area contributed by atoms with Gasteiger partial charge >= 0.3 is 0 Å². The molecule has 1 N–H and O–H groups in total. The van der Waals surface area contributed by atoms with Crippen LogP contribution in [0.25, 0.3) is 0 Å².